The van der Waals surface area contributed by atoms with E-state index in [4.69, 9.17) is 13.9 Å². The summed E-state index contributed by atoms with van der Waals surface area (Å²) in [6.07, 6.45) is 5.98. The minimum Gasteiger partial charge on any atom is -0.496 e. The fraction of sp³-hybridized carbons (Fsp3) is 0.500. The molecule has 3 rings (SSSR count). The molecule has 9 heteroatoms. The quantitative estimate of drug-likeness (QED) is 0.558. The van der Waals surface area contributed by atoms with E-state index in [2.05, 4.69) is 5.32 Å². The molecule has 1 aromatic heterocycles. The molecule has 0 unspecified atom stereocenters. The van der Waals surface area contributed by atoms with Crippen molar-refractivity contribution >= 4 is 15.9 Å². The fourth-order valence-electron chi connectivity index (χ4n) is 3.49. The molecule has 1 N–H and O–H groups in total. The van der Waals surface area contributed by atoms with E-state index < -0.39 is 10.0 Å². The van der Waals surface area contributed by atoms with Crippen LogP contribution in [-0.2, 0) is 21.4 Å². The van der Waals surface area contributed by atoms with Gasteiger partial charge in [-0.15, -0.1) is 0 Å². The Kier molecular flexibility index (Phi) is 8.51. The lowest BCUT2D eigenvalue weighted by Crippen LogP contribution is -2.32. The Morgan fingerprint density at radius 2 is 1.94 bits per heavy atom. The predicted octanol–water partition coefficient (Wildman–Crippen LogP) is 3.19. The molecule has 31 heavy (non-hydrogen) atoms. The van der Waals surface area contributed by atoms with Gasteiger partial charge >= 0.3 is 0 Å². The van der Waals surface area contributed by atoms with Crippen molar-refractivity contribution in [3.05, 3.63) is 47.9 Å². The first-order valence-electron chi connectivity index (χ1n) is 10.6. The number of carbonyl (C=O) groups is 1. The average Bonchev–Trinajstić information content (AvgIpc) is 3.14. The number of sulfonamides is 1. The molecule has 0 atom stereocenters. The SMILES string of the molecule is COc1ccc(S(=O)(=O)N2CCCCCC2)cc1C(=O)NCCCOCc1ccco1. The van der Waals surface area contributed by atoms with Gasteiger partial charge in [-0.1, -0.05) is 12.8 Å². The Hall–Kier alpha value is -2.36. The van der Waals surface area contributed by atoms with Crippen molar-refractivity contribution in [1.82, 2.24) is 9.62 Å². The van der Waals surface area contributed by atoms with E-state index in [1.165, 1.54) is 29.6 Å². The minimum atomic E-state index is -3.65. The lowest BCUT2D eigenvalue weighted by molar-refractivity contribution is 0.0914. The van der Waals surface area contributed by atoms with Crippen molar-refractivity contribution in [3.8, 4) is 5.75 Å². The number of hydrogen-bond donors (Lipinski definition) is 1. The predicted molar refractivity (Wildman–Crippen MR) is 116 cm³/mol. The number of nitrogens with zero attached hydrogens (tertiary/aromatic N) is 1. The highest BCUT2D eigenvalue weighted by atomic mass is 32.2. The fourth-order valence-corrected chi connectivity index (χ4v) is 5.04. The van der Waals surface area contributed by atoms with Gasteiger partial charge < -0.3 is 19.2 Å². The van der Waals surface area contributed by atoms with Crippen LogP contribution in [0.15, 0.2) is 45.9 Å². The Morgan fingerprint density at radius 3 is 2.61 bits per heavy atom. The van der Waals surface area contributed by atoms with E-state index in [0.717, 1.165) is 31.4 Å². The summed E-state index contributed by atoms with van der Waals surface area (Å²) < 4.78 is 43.6. The molecule has 2 aromatic rings. The third-order valence-corrected chi connectivity index (χ3v) is 7.09. The van der Waals surface area contributed by atoms with Crippen LogP contribution in [0.2, 0.25) is 0 Å². The molecular weight excluding hydrogens is 420 g/mol. The molecule has 1 fully saturated rings. The second-order valence-electron chi connectivity index (χ2n) is 7.42. The Balaban J connectivity index is 1.59. The van der Waals surface area contributed by atoms with Crippen LogP contribution in [-0.4, -0.2) is 52.0 Å². The summed E-state index contributed by atoms with van der Waals surface area (Å²) in [6, 6.07) is 8.07. The summed E-state index contributed by atoms with van der Waals surface area (Å²) in [5, 5.41) is 2.80. The van der Waals surface area contributed by atoms with E-state index in [9.17, 15) is 13.2 Å². The molecule has 1 aliphatic heterocycles. The van der Waals surface area contributed by atoms with E-state index in [-0.39, 0.29) is 16.4 Å². The molecule has 1 amide bonds. The van der Waals surface area contributed by atoms with E-state index >= 15 is 0 Å². The van der Waals surface area contributed by atoms with Crippen molar-refractivity contribution < 1.29 is 27.1 Å². The molecule has 0 radical (unpaired) electrons. The highest BCUT2D eigenvalue weighted by Crippen LogP contribution is 2.26. The summed E-state index contributed by atoms with van der Waals surface area (Å²) in [5.74, 6) is 0.702. The van der Waals surface area contributed by atoms with Gasteiger partial charge in [-0.05, 0) is 49.6 Å². The van der Waals surface area contributed by atoms with Gasteiger partial charge in [-0.25, -0.2) is 8.42 Å². The summed E-state index contributed by atoms with van der Waals surface area (Å²) in [6.45, 7) is 2.25. The highest BCUT2D eigenvalue weighted by Gasteiger charge is 2.27. The zero-order valence-electron chi connectivity index (χ0n) is 17.8. The number of amides is 1. The topological polar surface area (TPSA) is 98.1 Å². The first-order chi connectivity index (χ1) is 15.0. The van der Waals surface area contributed by atoms with Crippen molar-refractivity contribution in [2.75, 3.05) is 33.4 Å². The molecule has 1 aliphatic rings. The van der Waals surface area contributed by atoms with Gasteiger partial charge in [0.05, 0.1) is 23.8 Å². The van der Waals surface area contributed by atoms with Crippen molar-refractivity contribution in [3.63, 3.8) is 0 Å². The number of nitrogens with one attached hydrogen (secondary N) is 1. The van der Waals surface area contributed by atoms with Crippen LogP contribution < -0.4 is 10.1 Å². The van der Waals surface area contributed by atoms with Crippen LogP contribution >= 0.6 is 0 Å². The van der Waals surface area contributed by atoms with E-state index in [1.54, 1.807) is 12.3 Å². The number of hydrogen-bond acceptors (Lipinski definition) is 6. The number of rotatable bonds is 10. The Morgan fingerprint density at radius 1 is 1.16 bits per heavy atom. The zero-order chi connectivity index (χ0) is 22.1. The Bertz CT molecular complexity index is 935. The molecule has 0 bridgehead atoms. The number of benzene rings is 1. The molecule has 0 aliphatic carbocycles. The second kappa shape index (κ2) is 11.3. The standard InChI is InChI=1S/C22H30N2O6S/c1-28-21-10-9-19(31(26,27)24-12-4-2-3-5-13-24)16-20(21)22(25)23-11-7-14-29-17-18-8-6-15-30-18/h6,8-10,15-16H,2-5,7,11-14,17H2,1H3,(H,23,25). The van der Waals surface area contributed by atoms with Gasteiger partial charge in [0.2, 0.25) is 10.0 Å². The molecule has 0 saturated carbocycles. The third-order valence-electron chi connectivity index (χ3n) is 5.19. The molecule has 170 valence electrons. The largest absolute Gasteiger partial charge is 0.496 e. The molecule has 1 aromatic carbocycles. The first-order valence-corrected chi connectivity index (χ1v) is 12.0. The lowest BCUT2D eigenvalue weighted by Gasteiger charge is -2.20. The van der Waals surface area contributed by atoms with Crippen LogP contribution in [0.25, 0.3) is 0 Å². The zero-order valence-corrected chi connectivity index (χ0v) is 18.7. The number of ether oxygens (including phenoxy) is 2. The van der Waals surface area contributed by atoms with Gasteiger partial charge in [0.25, 0.3) is 5.91 Å². The van der Waals surface area contributed by atoms with Crippen LogP contribution in [0.1, 0.15) is 48.2 Å². The maximum absolute atomic E-state index is 13.1. The van der Waals surface area contributed by atoms with Crippen molar-refractivity contribution in [2.24, 2.45) is 0 Å². The van der Waals surface area contributed by atoms with Crippen LogP contribution in [0.4, 0.5) is 0 Å². The molecule has 8 nitrogen and oxygen atoms in total. The van der Waals surface area contributed by atoms with Crippen LogP contribution in [0.3, 0.4) is 0 Å². The third kappa shape index (κ3) is 6.32. The number of methoxy groups -OCH3 is 1. The van der Waals surface area contributed by atoms with Gasteiger partial charge in [0.1, 0.15) is 18.1 Å². The maximum Gasteiger partial charge on any atom is 0.255 e. The van der Waals surface area contributed by atoms with Crippen LogP contribution in [0, 0.1) is 0 Å². The van der Waals surface area contributed by atoms with Gasteiger partial charge in [-0.2, -0.15) is 4.31 Å². The Labute approximate surface area is 183 Å². The summed E-state index contributed by atoms with van der Waals surface area (Å²) in [5.41, 5.74) is 0.204. The molecular formula is C22H30N2O6S. The van der Waals surface area contributed by atoms with Gasteiger partial charge in [0, 0.05) is 26.2 Å². The molecule has 0 spiro atoms. The monoisotopic (exact) mass is 450 g/mol. The molecule has 2 heterocycles. The number of carbonyl (C=O) groups excluding carboxylic acids is 1. The second-order valence-corrected chi connectivity index (χ2v) is 9.36. The van der Waals surface area contributed by atoms with E-state index in [0.29, 0.717) is 45.0 Å². The normalized spacial score (nSPS) is 15.4. The van der Waals surface area contributed by atoms with Crippen molar-refractivity contribution in [1.29, 1.82) is 0 Å². The summed E-state index contributed by atoms with van der Waals surface area (Å²) in [7, 11) is -2.20. The lowest BCUT2D eigenvalue weighted by atomic mass is 10.2. The summed E-state index contributed by atoms with van der Waals surface area (Å²) in [4.78, 5) is 12.8. The molecule has 1 saturated heterocycles. The first kappa shape index (κ1) is 23.3. The average molecular weight is 451 g/mol. The van der Waals surface area contributed by atoms with Gasteiger partial charge in [0.15, 0.2) is 0 Å². The minimum absolute atomic E-state index is 0.113. The highest BCUT2D eigenvalue weighted by molar-refractivity contribution is 7.89. The maximum atomic E-state index is 13.1. The number of furan rings is 1. The smallest absolute Gasteiger partial charge is 0.255 e. The van der Waals surface area contributed by atoms with Crippen molar-refractivity contribution in [2.45, 2.75) is 43.6 Å². The van der Waals surface area contributed by atoms with Crippen LogP contribution in [0.5, 0.6) is 5.75 Å². The van der Waals surface area contributed by atoms with Gasteiger partial charge in [-0.3, -0.25) is 4.79 Å². The van der Waals surface area contributed by atoms with E-state index in [1.807, 2.05) is 6.07 Å². The summed E-state index contributed by atoms with van der Waals surface area (Å²) >= 11 is 0.